The number of aliphatic imine (C=N–C) groups is 1. The molecule has 1 N–H and O–H groups in total. The first kappa shape index (κ1) is 28.8. The molecule has 4 heterocycles. The second kappa shape index (κ2) is 12.5. The van der Waals surface area contributed by atoms with Gasteiger partial charge in [0.15, 0.2) is 10.8 Å². The van der Waals surface area contributed by atoms with Gasteiger partial charge in [0.2, 0.25) is 0 Å². The largest absolute Gasteiger partial charge is 0.466 e. The third kappa shape index (κ3) is 5.99. The fraction of sp³-hybridized carbons (Fsp3) is 0.300. The van der Waals surface area contributed by atoms with Crippen molar-refractivity contribution < 1.29 is 23.9 Å². The molecule has 0 spiro atoms. The number of carbonyl (C=O) groups excluding carboxylic acids is 3. The fourth-order valence-electron chi connectivity index (χ4n) is 5.66. The average molecular weight is 621 g/mol. The molecule has 2 atom stereocenters. The molecule has 2 aromatic carbocycles. The van der Waals surface area contributed by atoms with Crippen LogP contribution in [0.3, 0.4) is 0 Å². The molecule has 0 radical (unpaired) electrons. The first-order chi connectivity index (χ1) is 20.9. The van der Waals surface area contributed by atoms with E-state index in [4.69, 9.17) is 26.1 Å². The van der Waals surface area contributed by atoms with E-state index in [0.717, 1.165) is 16.8 Å². The third-order valence-electron chi connectivity index (χ3n) is 7.74. The fourth-order valence-corrected chi connectivity index (χ4v) is 6.38. The number of hydrogen-bond donors (Lipinski definition) is 1. The summed E-state index contributed by atoms with van der Waals surface area (Å²) in [6, 6.07) is 14.1. The maximum atomic E-state index is 13.3. The van der Waals surface area contributed by atoms with Gasteiger partial charge in [-0.3, -0.25) is 19.6 Å². The van der Waals surface area contributed by atoms with E-state index in [1.165, 1.54) is 18.4 Å². The number of aromatic nitrogens is 1. The SMILES string of the molecule is COC(=O)C1=C(CN2CCN3C(=O)N(c4ccc(COC=O)cc4)C[C@@H]3C2)NC(c2nccs2)=N[C@H]1c1ccc(Cl)cc1. The standard InChI is InChI=1S/C30H29ClN6O5S/c1-41-29(39)25-24(33-27(28-32-10-13-43-28)34-26(25)20-4-6-21(31)7-5-20)16-35-11-12-36-23(14-35)15-37(30(36)40)22-8-2-19(3-9-22)17-42-18-38/h2-10,13,18,23,26H,11-12,14-17H2,1H3,(H,33,34)/t23-,26-/m0/s1. The van der Waals surface area contributed by atoms with E-state index >= 15 is 0 Å². The number of carbonyl (C=O) groups is 3. The summed E-state index contributed by atoms with van der Waals surface area (Å²) in [5.74, 6) is 0.118. The Kier molecular flexibility index (Phi) is 8.41. The molecule has 0 unspecified atom stereocenters. The number of amidine groups is 1. The summed E-state index contributed by atoms with van der Waals surface area (Å²) in [6.07, 6.45) is 1.72. The van der Waals surface area contributed by atoms with Crippen LogP contribution in [-0.4, -0.2) is 85.0 Å². The molecule has 3 aliphatic rings. The summed E-state index contributed by atoms with van der Waals surface area (Å²) >= 11 is 7.62. The Morgan fingerprint density at radius 2 is 1.93 bits per heavy atom. The van der Waals surface area contributed by atoms with Crippen LogP contribution in [0.1, 0.15) is 22.2 Å². The summed E-state index contributed by atoms with van der Waals surface area (Å²) in [5, 5.41) is 6.57. The predicted molar refractivity (Wildman–Crippen MR) is 162 cm³/mol. The predicted octanol–water partition coefficient (Wildman–Crippen LogP) is 3.61. The Hall–Kier alpha value is -4.26. The van der Waals surface area contributed by atoms with Crippen molar-refractivity contribution in [1.82, 2.24) is 20.1 Å². The highest BCUT2D eigenvalue weighted by molar-refractivity contribution is 7.11. The number of nitrogens with zero attached hydrogens (tertiary/aromatic N) is 5. The van der Waals surface area contributed by atoms with Crippen molar-refractivity contribution in [2.75, 3.05) is 44.7 Å². The minimum Gasteiger partial charge on any atom is -0.466 e. The molecule has 0 saturated carbocycles. The molecule has 222 valence electrons. The van der Waals surface area contributed by atoms with Gasteiger partial charge in [-0.1, -0.05) is 35.9 Å². The Balaban J connectivity index is 1.24. The molecule has 43 heavy (non-hydrogen) atoms. The van der Waals surface area contributed by atoms with Crippen LogP contribution in [0, 0.1) is 0 Å². The first-order valence-electron chi connectivity index (χ1n) is 13.7. The van der Waals surface area contributed by atoms with Crippen molar-refractivity contribution in [1.29, 1.82) is 0 Å². The number of ether oxygens (including phenoxy) is 2. The lowest BCUT2D eigenvalue weighted by Crippen LogP contribution is -2.53. The van der Waals surface area contributed by atoms with Crippen LogP contribution >= 0.6 is 22.9 Å². The summed E-state index contributed by atoms with van der Waals surface area (Å²) in [6.45, 7) is 3.39. The number of amides is 2. The second-order valence-electron chi connectivity index (χ2n) is 10.3. The lowest BCUT2D eigenvalue weighted by atomic mass is 9.95. The van der Waals surface area contributed by atoms with Gasteiger partial charge in [-0.25, -0.2) is 14.6 Å². The van der Waals surface area contributed by atoms with Gasteiger partial charge in [0.25, 0.3) is 6.47 Å². The Labute approximate surface area is 257 Å². The highest BCUT2D eigenvalue weighted by Gasteiger charge is 2.42. The van der Waals surface area contributed by atoms with Crippen LogP contribution < -0.4 is 10.2 Å². The highest BCUT2D eigenvalue weighted by Crippen LogP contribution is 2.34. The first-order valence-corrected chi connectivity index (χ1v) is 15.0. The number of fused-ring (bicyclic) bond motifs is 1. The lowest BCUT2D eigenvalue weighted by Gasteiger charge is -2.38. The minimum atomic E-state index is -0.607. The van der Waals surface area contributed by atoms with E-state index in [1.807, 2.05) is 46.7 Å². The summed E-state index contributed by atoms with van der Waals surface area (Å²) in [7, 11) is 1.37. The van der Waals surface area contributed by atoms with Crippen molar-refractivity contribution in [2.45, 2.75) is 18.7 Å². The molecular weight excluding hydrogens is 592 g/mol. The third-order valence-corrected chi connectivity index (χ3v) is 8.77. The molecule has 6 rings (SSSR count). The van der Waals surface area contributed by atoms with Crippen molar-refractivity contribution in [3.05, 3.63) is 92.5 Å². The summed E-state index contributed by atoms with van der Waals surface area (Å²) in [4.78, 5) is 52.3. The topological polar surface area (TPSA) is 117 Å². The van der Waals surface area contributed by atoms with Gasteiger partial charge in [-0.2, -0.15) is 0 Å². The molecule has 3 aromatic rings. The number of hydrogen-bond acceptors (Lipinski definition) is 10. The molecule has 3 aliphatic heterocycles. The molecule has 1 aromatic heterocycles. The number of thiazole rings is 1. The monoisotopic (exact) mass is 620 g/mol. The molecule has 2 amide bonds. The number of esters is 1. The van der Waals surface area contributed by atoms with Crippen LogP contribution in [0.15, 0.2) is 76.4 Å². The number of methoxy groups -OCH3 is 1. The zero-order chi connectivity index (χ0) is 29.9. The second-order valence-corrected chi connectivity index (χ2v) is 11.7. The number of rotatable bonds is 9. The van der Waals surface area contributed by atoms with Gasteiger partial charge in [-0.15, -0.1) is 11.3 Å². The number of nitrogens with one attached hydrogen (secondary N) is 1. The Morgan fingerprint density at radius 3 is 2.63 bits per heavy atom. The van der Waals surface area contributed by atoms with E-state index in [1.54, 1.807) is 23.2 Å². The normalized spacial score (nSPS) is 20.4. The molecule has 2 saturated heterocycles. The molecule has 11 nitrogen and oxygen atoms in total. The molecule has 0 bridgehead atoms. The highest BCUT2D eigenvalue weighted by atomic mass is 35.5. The van der Waals surface area contributed by atoms with Gasteiger partial charge in [0, 0.05) is 60.7 Å². The average Bonchev–Trinajstić information content (AvgIpc) is 3.68. The van der Waals surface area contributed by atoms with Crippen LogP contribution in [0.2, 0.25) is 5.02 Å². The molecule has 13 heteroatoms. The summed E-state index contributed by atoms with van der Waals surface area (Å²) in [5.41, 5.74) is 3.56. The van der Waals surface area contributed by atoms with E-state index in [0.29, 0.717) is 66.3 Å². The maximum absolute atomic E-state index is 13.3. The number of piperazine rings is 1. The zero-order valence-electron chi connectivity index (χ0n) is 23.3. The van der Waals surface area contributed by atoms with Crippen molar-refractivity contribution in [2.24, 2.45) is 4.99 Å². The number of anilines is 1. The van der Waals surface area contributed by atoms with Gasteiger partial charge in [0.1, 0.15) is 12.6 Å². The quantitative estimate of drug-likeness (QED) is 0.285. The van der Waals surface area contributed by atoms with Gasteiger partial charge < -0.3 is 19.7 Å². The maximum Gasteiger partial charge on any atom is 0.338 e. The zero-order valence-corrected chi connectivity index (χ0v) is 24.9. The number of urea groups is 1. The smallest absolute Gasteiger partial charge is 0.338 e. The molecule has 2 fully saturated rings. The number of halogens is 1. The van der Waals surface area contributed by atoms with Crippen LogP contribution in [0.4, 0.5) is 10.5 Å². The van der Waals surface area contributed by atoms with Crippen molar-refractivity contribution in [3.63, 3.8) is 0 Å². The minimum absolute atomic E-state index is 0.0238. The van der Waals surface area contributed by atoms with E-state index in [-0.39, 0.29) is 18.7 Å². The van der Waals surface area contributed by atoms with E-state index in [2.05, 4.69) is 15.2 Å². The van der Waals surface area contributed by atoms with Crippen molar-refractivity contribution in [3.8, 4) is 0 Å². The molecule has 0 aliphatic carbocycles. The van der Waals surface area contributed by atoms with Gasteiger partial charge >= 0.3 is 12.0 Å². The lowest BCUT2D eigenvalue weighted by molar-refractivity contribution is -0.136. The number of benzene rings is 2. The van der Waals surface area contributed by atoms with Crippen LogP contribution in [0.25, 0.3) is 0 Å². The van der Waals surface area contributed by atoms with Gasteiger partial charge in [-0.05, 0) is 35.4 Å². The Morgan fingerprint density at radius 1 is 1.14 bits per heavy atom. The van der Waals surface area contributed by atoms with Crippen LogP contribution in [0.5, 0.6) is 0 Å². The molecular formula is C30H29ClN6O5S. The van der Waals surface area contributed by atoms with Crippen LogP contribution in [-0.2, 0) is 25.7 Å². The van der Waals surface area contributed by atoms with E-state index in [9.17, 15) is 14.4 Å². The van der Waals surface area contributed by atoms with Crippen molar-refractivity contribution >= 4 is 52.9 Å². The van der Waals surface area contributed by atoms with Gasteiger partial charge in [0.05, 0.1) is 18.7 Å². The Bertz CT molecular complexity index is 1560. The van der Waals surface area contributed by atoms with E-state index < -0.39 is 12.0 Å². The summed E-state index contributed by atoms with van der Waals surface area (Å²) < 4.78 is 10.1.